The summed E-state index contributed by atoms with van der Waals surface area (Å²) in [6, 6.07) is 10.7. The first-order valence-electron chi connectivity index (χ1n) is 7.57. The number of hydrogen-bond donors (Lipinski definition) is 2. The maximum absolute atomic E-state index is 12.5. The predicted octanol–water partition coefficient (Wildman–Crippen LogP) is 3.05. The molecule has 0 aliphatic carbocycles. The van der Waals surface area contributed by atoms with Crippen LogP contribution in [-0.2, 0) is 22.6 Å². The zero-order valence-electron chi connectivity index (χ0n) is 13.8. The Balaban J connectivity index is 1.92. The first-order valence-corrected chi connectivity index (χ1v) is 9.46. The van der Waals surface area contributed by atoms with Crippen molar-refractivity contribution in [2.24, 2.45) is 0 Å². The van der Waals surface area contributed by atoms with Crippen molar-refractivity contribution in [2.45, 2.75) is 12.6 Å². The van der Waals surface area contributed by atoms with Crippen LogP contribution in [-0.4, -0.2) is 27.1 Å². The van der Waals surface area contributed by atoms with Gasteiger partial charge < -0.3 is 5.32 Å². The van der Waals surface area contributed by atoms with Crippen molar-refractivity contribution >= 4 is 21.6 Å². The zero-order valence-corrected chi connectivity index (χ0v) is 14.6. The highest BCUT2D eigenvalue weighted by molar-refractivity contribution is 7.92. The van der Waals surface area contributed by atoms with Crippen molar-refractivity contribution in [3.05, 3.63) is 65.2 Å². The van der Waals surface area contributed by atoms with E-state index in [9.17, 15) is 26.4 Å². The molecular weight excluding hydrogens is 369 g/mol. The van der Waals surface area contributed by atoms with Gasteiger partial charge in [0.1, 0.15) is 0 Å². The van der Waals surface area contributed by atoms with E-state index in [2.05, 4.69) is 10.0 Å². The maximum atomic E-state index is 12.5. The highest BCUT2D eigenvalue weighted by Crippen LogP contribution is 2.29. The minimum Gasteiger partial charge on any atom is -0.352 e. The number of benzene rings is 2. The molecule has 0 aliphatic heterocycles. The normalized spacial score (nSPS) is 11.8. The Kier molecular flexibility index (Phi) is 5.91. The van der Waals surface area contributed by atoms with Gasteiger partial charge in [-0.3, -0.25) is 9.52 Å². The van der Waals surface area contributed by atoms with Crippen LogP contribution in [0.15, 0.2) is 48.5 Å². The molecule has 0 bridgehead atoms. The lowest BCUT2D eigenvalue weighted by Crippen LogP contribution is -2.25. The van der Waals surface area contributed by atoms with Gasteiger partial charge in [-0.2, -0.15) is 13.2 Å². The van der Waals surface area contributed by atoms with Crippen molar-refractivity contribution in [1.82, 2.24) is 5.32 Å². The van der Waals surface area contributed by atoms with E-state index in [0.29, 0.717) is 12.0 Å². The summed E-state index contributed by atoms with van der Waals surface area (Å²) in [7, 11) is -3.45. The van der Waals surface area contributed by atoms with Crippen molar-refractivity contribution < 1.29 is 26.4 Å². The predicted molar refractivity (Wildman–Crippen MR) is 92.4 cm³/mol. The fraction of sp³-hybridized carbons (Fsp3) is 0.235. The van der Waals surface area contributed by atoms with Gasteiger partial charge in [0, 0.05) is 17.8 Å². The molecule has 0 atom stereocenters. The summed E-state index contributed by atoms with van der Waals surface area (Å²) >= 11 is 0. The van der Waals surface area contributed by atoms with E-state index in [0.717, 1.165) is 18.4 Å². The van der Waals surface area contributed by atoms with E-state index in [-0.39, 0.29) is 17.8 Å². The Morgan fingerprint density at radius 3 is 2.31 bits per heavy atom. The molecule has 0 aliphatic rings. The van der Waals surface area contributed by atoms with E-state index in [1.54, 1.807) is 0 Å². The third-order valence-electron chi connectivity index (χ3n) is 3.41. The molecule has 9 heteroatoms. The van der Waals surface area contributed by atoms with Crippen molar-refractivity contribution in [3.63, 3.8) is 0 Å². The Morgan fingerprint density at radius 2 is 1.73 bits per heavy atom. The molecule has 2 aromatic carbocycles. The molecule has 2 N–H and O–H groups in total. The van der Waals surface area contributed by atoms with Gasteiger partial charge in [-0.25, -0.2) is 8.42 Å². The lowest BCUT2D eigenvalue weighted by atomic mass is 10.1. The maximum Gasteiger partial charge on any atom is 0.416 e. The molecule has 0 radical (unpaired) electrons. The molecule has 1 amide bonds. The van der Waals surface area contributed by atoms with Crippen molar-refractivity contribution in [1.29, 1.82) is 0 Å². The highest BCUT2D eigenvalue weighted by atomic mass is 32.2. The molecule has 0 unspecified atom stereocenters. The Labute approximate surface area is 149 Å². The molecule has 2 rings (SSSR count). The first-order chi connectivity index (χ1) is 12.0. The first kappa shape index (κ1) is 19.8. The molecular formula is C17H17F3N2O3S. The second-order valence-electron chi connectivity index (χ2n) is 5.66. The summed E-state index contributed by atoms with van der Waals surface area (Å²) in [4.78, 5) is 12.1. The number of rotatable bonds is 6. The SMILES string of the molecule is CS(=O)(=O)Nc1cccc(C(=O)NCCc2ccc(C(F)(F)F)cc2)c1. The van der Waals surface area contributed by atoms with Crippen molar-refractivity contribution in [3.8, 4) is 0 Å². The third-order valence-corrected chi connectivity index (χ3v) is 4.01. The van der Waals surface area contributed by atoms with Gasteiger partial charge in [0.25, 0.3) is 5.91 Å². The van der Waals surface area contributed by atoms with Crippen LogP contribution >= 0.6 is 0 Å². The molecule has 0 saturated heterocycles. The number of alkyl halides is 3. The Bertz CT molecular complexity index is 879. The molecule has 0 spiro atoms. The number of carbonyl (C=O) groups excluding carboxylic acids is 1. The second kappa shape index (κ2) is 7.77. The minimum absolute atomic E-state index is 0.230. The van der Waals surface area contributed by atoms with E-state index in [1.807, 2.05) is 0 Å². The number of carbonyl (C=O) groups is 1. The molecule has 0 fully saturated rings. The summed E-state index contributed by atoms with van der Waals surface area (Å²) < 4.78 is 62.2. The highest BCUT2D eigenvalue weighted by Gasteiger charge is 2.29. The summed E-state index contributed by atoms with van der Waals surface area (Å²) in [6.45, 7) is 0.230. The Morgan fingerprint density at radius 1 is 1.08 bits per heavy atom. The van der Waals surface area contributed by atoms with Crippen LogP contribution < -0.4 is 10.0 Å². The van der Waals surface area contributed by atoms with Crippen LogP contribution in [0.2, 0.25) is 0 Å². The standard InChI is InChI=1S/C17H17F3N2O3S/c1-26(24,25)22-15-4-2-3-13(11-15)16(23)21-10-9-12-5-7-14(8-6-12)17(18,19)20/h2-8,11,22H,9-10H2,1H3,(H,21,23). The average molecular weight is 386 g/mol. The van der Waals surface area contributed by atoms with Gasteiger partial charge >= 0.3 is 6.18 Å². The topological polar surface area (TPSA) is 75.3 Å². The molecule has 2 aromatic rings. The van der Waals surface area contributed by atoms with Crippen molar-refractivity contribution in [2.75, 3.05) is 17.5 Å². The summed E-state index contributed by atoms with van der Waals surface area (Å²) in [5.41, 5.74) is 0.472. The minimum atomic E-state index is -4.38. The Hall–Kier alpha value is -2.55. The fourth-order valence-electron chi connectivity index (χ4n) is 2.22. The van der Waals surface area contributed by atoms with Crippen LogP contribution in [0, 0.1) is 0 Å². The van der Waals surface area contributed by atoms with Gasteiger partial charge in [-0.1, -0.05) is 18.2 Å². The van der Waals surface area contributed by atoms with Crippen LogP contribution in [0.5, 0.6) is 0 Å². The van der Waals surface area contributed by atoms with E-state index < -0.39 is 27.7 Å². The van der Waals surface area contributed by atoms with Gasteiger partial charge in [0.05, 0.1) is 11.8 Å². The third kappa shape index (κ3) is 6.07. The summed E-state index contributed by atoms with van der Waals surface area (Å²) in [5.74, 6) is -0.408. The number of anilines is 1. The zero-order chi connectivity index (χ0) is 19.4. The molecule has 5 nitrogen and oxygen atoms in total. The van der Waals surface area contributed by atoms with Gasteiger partial charge in [-0.05, 0) is 42.3 Å². The van der Waals surface area contributed by atoms with Gasteiger partial charge in [0.15, 0.2) is 0 Å². The molecule has 0 heterocycles. The van der Waals surface area contributed by atoms with E-state index in [1.165, 1.54) is 36.4 Å². The average Bonchev–Trinajstić information content (AvgIpc) is 2.53. The largest absolute Gasteiger partial charge is 0.416 e. The van der Waals surface area contributed by atoms with Gasteiger partial charge in [0.2, 0.25) is 10.0 Å². The van der Waals surface area contributed by atoms with Crippen LogP contribution in [0.4, 0.5) is 18.9 Å². The lowest BCUT2D eigenvalue weighted by molar-refractivity contribution is -0.137. The smallest absolute Gasteiger partial charge is 0.352 e. The number of halogens is 3. The molecule has 0 saturated carbocycles. The lowest BCUT2D eigenvalue weighted by Gasteiger charge is -2.09. The number of amides is 1. The quantitative estimate of drug-likeness (QED) is 0.801. The number of nitrogens with one attached hydrogen (secondary N) is 2. The number of hydrogen-bond acceptors (Lipinski definition) is 3. The molecule has 140 valence electrons. The number of sulfonamides is 1. The van der Waals surface area contributed by atoms with Crippen LogP contribution in [0.1, 0.15) is 21.5 Å². The molecule has 0 aromatic heterocycles. The summed E-state index contributed by atoms with van der Waals surface area (Å²) in [6.07, 6.45) is -3.01. The summed E-state index contributed by atoms with van der Waals surface area (Å²) in [5, 5.41) is 2.64. The molecule has 26 heavy (non-hydrogen) atoms. The van der Waals surface area contributed by atoms with Crippen LogP contribution in [0.3, 0.4) is 0 Å². The van der Waals surface area contributed by atoms with E-state index >= 15 is 0 Å². The monoisotopic (exact) mass is 386 g/mol. The second-order valence-corrected chi connectivity index (χ2v) is 7.40. The fourth-order valence-corrected chi connectivity index (χ4v) is 2.78. The van der Waals surface area contributed by atoms with E-state index in [4.69, 9.17) is 0 Å². The van der Waals surface area contributed by atoms with Gasteiger partial charge in [-0.15, -0.1) is 0 Å². The van der Waals surface area contributed by atoms with Crippen LogP contribution in [0.25, 0.3) is 0 Å².